The molecule has 1 aromatic carbocycles. The lowest BCUT2D eigenvalue weighted by Gasteiger charge is -2.24. The maximum Gasteiger partial charge on any atom is 0.255 e. The van der Waals surface area contributed by atoms with E-state index in [4.69, 9.17) is 9.47 Å². The Bertz CT molecular complexity index is 1050. The molecule has 1 amide bonds. The SMILES string of the molecule is COc1ccc([C@H](NC(=O)c2c(-n3cnnn3)sc3c2CCC3)C(C)C)cc1OC. The van der Waals surface area contributed by atoms with Crippen LogP contribution in [0.3, 0.4) is 0 Å². The number of hydrogen-bond donors (Lipinski definition) is 1. The normalized spacial score (nSPS) is 13.9. The zero-order chi connectivity index (χ0) is 21.3. The van der Waals surface area contributed by atoms with Crippen molar-refractivity contribution in [2.45, 2.75) is 39.2 Å². The summed E-state index contributed by atoms with van der Waals surface area (Å²) in [6.07, 6.45) is 4.50. The lowest BCUT2D eigenvalue weighted by Crippen LogP contribution is -2.32. The molecule has 158 valence electrons. The second-order valence-corrected chi connectivity index (χ2v) is 8.69. The van der Waals surface area contributed by atoms with Crippen molar-refractivity contribution < 1.29 is 14.3 Å². The van der Waals surface area contributed by atoms with E-state index < -0.39 is 0 Å². The molecule has 0 aliphatic heterocycles. The second-order valence-electron chi connectivity index (χ2n) is 7.60. The maximum absolute atomic E-state index is 13.5. The molecule has 0 radical (unpaired) electrons. The van der Waals surface area contributed by atoms with Crippen molar-refractivity contribution >= 4 is 17.2 Å². The van der Waals surface area contributed by atoms with Gasteiger partial charge in [-0.3, -0.25) is 4.79 Å². The second kappa shape index (κ2) is 8.43. The smallest absolute Gasteiger partial charge is 0.255 e. The number of aryl methyl sites for hydroxylation is 1. The van der Waals surface area contributed by atoms with Gasteiger partial charge in [0.1, 0.15) is 11.3 Å². The van der Waals surface area contributed by atoms with Crippen LogP contribution in [0.5, 0.6) is 11.5 Å². The third-order valence-electron chi connectivity index (χ3n) is 5.41. The van der Waals surface area contributed by atoms with Crippen molar-refractivity contribution in [1.82, 2.24) is 25.5 Å². The van der Waals surface area contributed by atoms with E-state index in [9.17, 15) is 4.79 Å². The predicted molar refractivity (Wildman–Crippen MR) is 114 cm³/mol. The van der Waals surface area contributed by atoms with Gasteiger partial charge in [0.2, 0.25) is 0 Å². The molecule has 3 aromatic rings. The molecule has 1 aliphatic carbocycles. The number of fused-ring (bicyclic) bond motifs is 1. The summed E-state index contributed by atoms with van der Waals surface area (Å²) in [7, 11) is 3.22. The molecular weight excluding hydrogens is 402 g/mol. The number of benzene rings is 1. The average molecular weight is 428 g/mol. The van der Waals surface area contributed by atoms with E-state index in [0.717, 1.165) is 35.4 Å². The highest BCUT2D eigenvalue weighted by molar-refractivity contribution is 7.15. The number of thiophene rings is 1. The summed E-state index contributed by atoms with van der Waals surface area (Å²) in [4.78, 5) is 14.8. The van der Waals surface area contributed by atoms with E-state index in [1.54, 1.807) is 30.2 Å². The number of nitrogens with one attached hydrogen (secondary N) is 1. The molecule has 0 saturated carbocycles. The molecule has 0 bridgehead atoms. The third-order valence-corrected chi connectivity index (χ3v) is 6.69. The van der Waals surface area contributed by atoms with Crippen LogP contribution < -0.4 is 14.8 Å². The molecule has 1 aliphatic rings. The number of hydrogen-bond acceptors (Lipinski definition) is 7. The Balaban J connectivity index is 1.69. The summed E-state index contributed by atoms with van der Waals surface area (Å²) in [6.45, 7) is 4.17. The average Bonchev–Trinajstić information content (AvgIpc) is 3.47. The highest BCUT2D eigenvalue weighted by Crippen LogP contribution is 2.38. The summed E-state index contributed by atoms with van der Waals surface area (Å²) in [5.41, 5.74) is 2.77. The third kappa shape index (κ3) is 3.65. The summed E-state index contributed by atoms with van der Waals surface area (Å²) in [6, 6.07) is 5.57. The Kier molecular flexibility index (Phi) is 5.72. The van der Waals surface area contributed by atoms with Gasteiger partial charge in [-0.05, 0) is 58.9 Å². The van der Waals surface area contributed by atoms with E-state index in [0.29, 0.717) is 17.1 Å². The van der Waals surface area contributed by atoms with Crippen LogP contribution in [-0.4, -0.2) is 40.3 Å². The number of carbonyl (C=O) groups is 1. The zero-order valence-corrected chi connectivity index (χ0v) is 18.3. The van der Waals surface area contributed by atoms with E-state index in [1.807, 2.05) is 18.2 Å². The van der Waals surface area contributed by atoms with Gasteiger partial charge in [-0.15, -0.1) is 16.4 Å². The Morgan fingerprint density at radius 3 is 2.67 bits per heavy atom. The van der Waals surface area contributed by atoms with Gasteiger partial charge in [-0.2, -0.15) is 4.68 Å². The summed E-state index contributed by atoms with van der Waals surface area (Å²) in [5.74, 6) is 1.37. The Hall–Kier alpha value is -2.94. The van der Waals surface area contributed by atoms with Gasteiger partial charge >= 0.3 is 0 Å². The molecule has 1 N–H and O–H groups in total. The molecule has 8 nitrogen and oxygen atoms in total. The van der Waals surface area contributed by atoms with E-state index in [-0.39, 0.29) is 17.9 Å². The topological polar surface area (TPSA) is 91.2 Å². The molecule has 9 heteroatoms. The van der Waals surface area contributed by atoms with Gasteiger partial charge in [0, 0.05) is 4.88 Å². The Morgan fingerprint density at radius 2 is 2.00 bits per heavy atom. The first-order valence-electron chi connectivity index (χ1n) is 9.94. The van der Waals surface area contributed by atoms with E-state index in [2.05, 4.69) is 34.7 Å². The molecule has 0 unspecified atom stereocenters. The number of tetrazole rings is 1. The molecule has 1 atom stereocenters. The van der Waals surface area contributed by atoms with Crippen molar-refractivity contribution in [3.63, 3.8) is 0 Å². The number of aromatic nitrogens is 4. The zero-order valence-electron chi connectivity index (χ0n) is 17.5. The van der Waals surface area contributed by atoms with Gasteiger partial charge in [0.05, 0.1) is 25.8 Å². The standard InChI is InChI=1S/C21H25N5O3S/c1-12(2)19(13-8-9-15(28-3)16(10-13)29-4)23-20(27)18-14-6-5-7-17(14)30-21(18)26-11-22-24-25-26/h8-12,19H,5-7H2,1-4H3,(H,23,27)/t19-/m1/s1. The fraction of sp³-hybridized carbons (Fsp3) is 0.429. The monoisotopic (exact) mass is 427 g/mol. The van der Waals surface area contributed by atoms with E-state index >= 15 is 0 Å². The number of amides is 1. The van der Waals surface area contributed by atoms with Crippen molar-refractivity contribution in [2.75, 3.05) is 14.2 Å². The molecule has 0 spiro atoms. The highest BCUT2D eigenvalue weighted by Gasteiger charge is 2.30. The van der Waals surface area contributed by atoms with Crippen LogP contribution in [0.15, 0.2) is 24.5 Å². The minimum atomic E-state index is -0.184. The van der Waals surface area contributed by atoms with E-state index in [1.165, 1.54) is 11.2 Å². The summed E-state index contributed by atoms with van der Waals surface area (Å²) < 4.78 is 12.4. The molecule has 2 aromatic heterocycles. The summed E-state index contributed by atoms with van der Waals surface area (Å²) >= 11 is 1.60. The first-order chi connectivity index (χ1) is 14.5. The quantitative estimate of drug-likeness (QED) is 0.622. The Labute approximate surface area is 179 Å². The van der Waals surface area contributed by atoms with Crippen molar-refractivity contribution in [3.05, 3.63) is 46.1 Å². The predicted octanol–water partition coefficient (Wildman–Crippen LogP) is 3.36. The molecule has 30 heavy (non-hydrogen) atoms. The molecule has 0 fully saturated rings. The van der Waals surface area contributed by atoms with Crippen LogP contribution in [-0.2, 0) is 12.8 Å². The van der Waals surface area contributed by atoms with Gasteiger partial charge in [-0.25, -0.2) is 0 Å². The molecule has 0 saturated heterocycles. The van der Waals surface area contributed by atoms with Crippen LogP contribution in [0, 0.1) is 5.92 Å². The summed E-state index contributed by atoms with van der Waals surface area (Å²) in [5, 5.41) is 15.5. The van der Waals surface area contributed by atoms with Crippen LogP contribution >= 0.6 is 11.3 Å². The largest absolute Gasteiger partial charge is 0.493 e. The number of methoxy groups -OCH3 is 2. The first kappa shape index (κ1) is 20.3. The first-order valence-corrected chi connectivity index (χ1v) is 10.8. The van der Waals surface area contributed by atoms with Crippen LogP contribution in [0.2, 0.25) is 0 Å². The van der Waals surface area contributed by atoms with Gasteiger partial charge in [-0.1, -0.05) is 19.9 Å². The van der Waals surface area contributed by atoms with Gasteiger partial charge < -0.3 is 14.8 Å². The fourth-order valence-electron chi connectivity index (χ4n) is 3.93. The lowest BCUT2D eigenvalue weighted by atomic mass is 9.95. The van der Waals surface area contributed by atoms with Crippen LogP contribution in [0.4, 0.5) is 0 Å². The number of ether oxygens (including phenoxy) is 2. The molecular formula is C21H25N5O3S. The molecule has 4 rings (SSSR count). The highest BCUT2D eigenvalue weighted by atomic mass is 32.1. The number of nitrogens with zero attached hydrogens (tertiary/aromatic N) is 4. The minimum absolute atomic E-state index is 0.103. The van der Waals surface area contributed by atoms with Crippen LogP contribution in [0.25, 0.3) is 5.00 Å². The van der Waals surface area contributed by atoms with Crippen molar-refractivity contribution in [3.8, 4) is 16.5 Å². The lowest BCUT2D eigenvalue weighted by molar-refractivity contribution is 0.0925. The van der Waals surface area contributed by atoms with Crippen molar-refractivity contribution in [1.29, 1.82) is 0 Å². The van der Waals surface area contributed by atoms with Gasteiger partial charge in [0.25, 0.3) is 5.91 Å². The van der Waals surface area contributed by atoms with Crippen molar-refractivity contribution in [2.24, 2.45) is 5.92 Å². The maximum atomic E-state index is 13.5. The number of carbonyl (C=O) groups excluding carboxylic acids is 1. The Morgan fingerprint density at radius 1 is 1.20 bits per heavy atom. The minimum Gasteiger partial charge on any atom is -0.493 e. The van der Waals surface area contributed by atoms with Crippen LogP contribution in [0.1, 0.15) is 52.7 Å². The molecule has 2 heterocycles. The van der Waals surface area contributed by atoms with Gasteiger partial charge in [0.15, 0.2) is 11.5 Å². The fourth-order valence-corrected chi connectivity index (χ4v) is 5.24. The number of rotatable bonds is 7.